The molecule has 0 bridgehead atoms. The first-order valence-corrected chi connectivity index (χ1v) is 7.67. The van der Waals surface area contributed by atoms with Crippen LogP contribution in [0.15, 0.2) is 0 Å². The van der Waals surface area contributed by atoms with E-state index < -0.39 is 0 Å². The molecule has 0 amide bonds. The maximum absolute atomic E-state index is 6.23. The smallest absolute Gasteiger partial charge is 0.159 e. The predicted octanol–water partition coefficient (Wildman–Crippen LogP) is 3.72. The zero-order valence-corrected chi connectivity index (χ0v) is 13.7. The van der Waals surface area contributed by atoms with Gasteiger partial charge >= 0.3 is 0 Å². The van der Waals surface area contributed by atoms with Gasteiger partial charge in [-0.15, -0.1) is 0 Å². The maximum Gasteiger partial charge on any atom is 0.159 e. The van der Waals surface area contributed by atoms with E-state index in [0.717, 1.165) is 12.3 Å². The third-order valence-electron chi connectivity index (χ3n) is 4.89. The summed E-state index contributed by atoms with van der Waals surface area (Å²) in [6, 6.07) is 0. The van der Waals surface area contributed by atoms with E-state index in [2.05, 4.69) is 34.6 Å². The standard InChI is InChI=1S/C16H32O3/c1-8-13-9-14(17-6)15(12(5)11(13)4)19-16(18-7)10(2)3/h10-16H,8-9H2,1-7H3. The van der Waals surface area contributed by atoms with Gasteiger partial charge in [0, 0.05) is 20.1 Å². The largest absolute Gasteiger partial charge is 0.379 e. The Kier molecular flexibility index (Phi) is 6.78. The van der Waals surface area contributed by atoms with Crippen LogP contribution in [0, 0.1) is 23.7 Å². The van der Waals surface area contributed by atoms with Crippen LogP contribution in [-0.4, -0.2) is 32.7 Å². The number of hydrogen-bond acceptors (Lipinski definition) is 3. The predicted molar refractivity (Wildman–Crippen MR) is 78.0 cm³/mol. The fraction of sp³-hybridized carbons (Fsp3) is 1.00. The molecular weight excluding hydrogens is 240 g/mol. The average molecular weight is 272 g/mol. The molecule has 1 fully saturated rings. The summed E-state index contributed by atoms with van der Waals surface area (Å²) < 4.78 is 17.4. The summed E-state index contributed by atoms with van der Waals surface area (Å²) in [6.45, 7) is 11.2. The van der Waals surface area contributed by atoms with Gasteiger partial charge in [0.25, 0.3) is 0 Å². The minimum absolute atomic E-state index is 0.134. The Morgan fingerprint density at radius 2 is 1.74 bits per heavy atom. The summed E-state index contributed by atoms with van der Waals surface area (Å²) in [5.74, 6) is 2.26. The van der Waals surface area contributed by atoms with Crippen molar-refractivity contribution in [3.05, 3.63) is 0 Å². The fourth-order valence-electron chi connectivity index (χ4n) is 3.33. The Morgan fingerprint density at radius 3 is 2.16 bits per heavy atom. The average Bonchev–Trinajstić information content (AvgIpc) is 2.40. The van der Waals surface area contributed by atoms with Crippen LogP contribution in [0.4, 0.5) is 0 Å². The van der Waals surface area contributed by atoms with Crippen molar-refractivity contribution in [2.45, 2.75) is 66.0 Å². The van der Waals surface area contributed by atoms with Crippen LogP contribution >= 0.6 is 0 Å². The second kappa shape index (κ2) is 7.61. The van der Waals surface area contributed by atoms with E-state index in [9.17, 15) is 0 Å². The van der Waals surface area contributed by atoms with E-state index in [0.29, 0.717) is 17.8 Å². The molecule has 6 atom stereocenters. The monoisotopic (exact) mass is 272 g/mol. The lowest BCUT2D eigenvalue weighted by atomic mass is 9.70. The quantitative estimate of drug-likeness (QED) is 0.690. The van der Waals surface area contributed by atoms with Gasteiger partial charge < -0.3 is 14.2 Å². The Balaban J connectivity index is 2.78. The molecule has 3 heteroatoms. The van der Waals surface area contributed by atoms with Crippen LogP contribution in [0.25, 0.3) is 0 Å². The lowest BCUT2D eigenvalue weighted by Crippen LogP contribution is -2.49. The molecule has 114 valence electrons. The Labute approximate surface area is 119 Å². The molecule has 19 heavy (non-hydrogen) atoms. The van der Waals surface area contributed by atoms with Gasteiger partial charge in [0.2, 0.25) is 0 Å². The fourth-order valence-corrected chi connectivity index (χ4v) is 3.33. The summed E-state index contributed by atoms with van der Waals surface area (Å²) in [7, 11) is 3.52. The van der Waals surface area contributed by atoms with E-state index >= 15 is 0 Å². The van der Waals surface area contributed by atoms with Crippen LogP contribution in [0.3, 0.4) is 0 Å². The Hall–Kier alpha value is -0.120. The SMILES string of the molecule is CCC1CC(OC)C(OC(OC)C(C)C)C(C)C1C. The van der Waals surface area contributed by atoms with Gasteiger partial charge in [0.15, 0.2) is 6.29 Å². The molecular formula is C16H32O3. The van der Waals surface area contributed by atoms with E-state index in [1.54, 1.807) is 14.2 Å². The molecule has 0 saturated heterocycles. The second-order valence-corrected chi connectivity index (χ2v) is 6.35. The van der Waals surface area contributed by atoms with Crippen molar-refractivity contribution in [1.29, 1.82) is 0 Å². The number of hydrogen-bond donors (Lipinski definition) is 0. The van der Waals surface area contributed by atoms with Crippen molar-refractivity contribution in [3.63, 3.8) is 0 Å². The Bertz CT molecular complexity index is 252. The van der Waals surface area contributed by atoms with Crippen LogP contribution in [-0.2, 0) is 14.2 Å². The molecule has 0 heterocycles. The molecule has 1 aliphatic rings. The lowest BCUT2D eigenvalue weighted by molar-refractivity contribution is -0.231. The molecule has 1 aliphatic carbocycles. The normalized spacial score (nSPS) is 37.6. The minimum Gasteiger partial charge on any atom is -0.379 e. The van der Waals surface area contributed by atoms with E-state index in [-0.39, 0.29) is 18.5 Å². The van der Waals surface area contributed by atoms with Gasteiger partial charge in [-0.2, -0.15) is 0 Å². The van der Waals surface area contributed by atoms with E-state index in [1.165, 1.54) is 6.42 Å². The third kappa shape index (κ3) is 3.93. The van der Waals surface area contributed by atoms with Crippen molar-refractivity contribution in [2.75, 3.05) is 14.2 Å². The summed E-state index contributed by atoms with van der Waals surface area (Å²) in [6.07, 6.45) is 2.49. The third-order valence-corrected chi connectivity index (χ3v) is 4.89. The molecule has 0 spiro atoms. The summed E-state index contributed by atoms with van der Waals surface area (Å²) >= 11 is 0. The van der Waals surface area contributed by atoms with Gasteiger partial charge in [-0.25, -0.2) is 0 Å². The molecule has 3 nitrogen and oxygen atoms in total. The molecule has 1 saturated carbocycles. The van der Waals surface area contributed by atoms with Crippen molar-refractivity contribution in [2.24, 2.45) is 23.7 Å². The summed E-state index contributed by atoms with van der Waals surface area (Å²) in [5.41, 5.74) is 0. The topological polar surface area (TPSA) is 27.7 Å². The van der Waals surface area contributed by atoms with Crippen LogP contribution in [0.1, 0.15) is 47.5 Å². The Morgan fingerprint density at radius 1 is 1.11 bits per heavy atom. The second-order valence-electron chi connectivity index (χ2n) is 6.35. The minimum atomic E-state index is -0.143. The van der Waals surface area contributed by atoms with Gasteiger partial charge in [-0.1, -0.05) is 41.0 Å². The van der Waals surface area contributed by atoms with E-state index in [1.807, 2.05) is 0 Å². The van der Waals surface area contributed by atoms with Crippen molar-refractivity contribution >= 4 is 0 Å². The first-order valence-electron chi connectivity index (χ1n) is 7.67. The highest BCUT2D eigenvalue weighted by Gasteiger charge is 2.42. The van der Waals surface area contributed by atoms with Crippen LogP contribution in [0.5, 0.6) is 0 Å². The maximum atomic E-state index is 6.23. The van der Waals surface area contributed by atoms with Crippen molar-refractivity contribution in [1.82, 2.24) is 0 Å². The molecule has 1 rings (SSSR count). The highest BCUT2D eigenvalue weighted by atomic mass is 16.7. The van der Waals surface area contributed by atoms with Gasteiger partial charge in [0.1, 0.15) is 0 Å². The summed E-state index contributed by atoms with van der Waals surface area (Å²) in [4.78, 5) is 0. The number of rotatable bonds is 6. The highest BCUT2D eigenvalue weighted by Crippen LogP contribution is 2.39. The first-order chi connectivity index (χ1) is 8.96. The molecule has 0 aromatic carbocycles. The van der Waals surface area contributed by atoms with Crippen molar-refractivity contribution in [3.8, 4) is 0 Å². The van der Waals surface area contributed by atoms with Crippen LogP contribution < -0.4 is 0 Å². The zero-order chi connectivity index (χ0) is 14.6. The highest BCUT2D eigenvalue weighted by molar-refractivity contribution is 4.90. The zero-order valence-electron chi connectivity index (χ0n) is 13.7. The molecule has 6 unspecified atom stereocenters. The molecule has 0 aromatic heterocycles. The molecule has 0 aliphatic heterocycles. The lowest BCUT2D eigenvalue weighted by Gasteiger charge is -2.45. The van der Waals surface area contributed by atoms with Gasteiger partial charge in [-0.05, 0) is 24.2 Å². The molecule has 0 N–H and O–H groups in total. The summed E-state index contributed by atoms with van der Waals surface area (Å²) in [5, 5.41) is 0. The number of ether oxygens (including phenoxy) is 3. The molecule has 0 radical (unpaired) electrons. The van der Waals surface area contributed by atoms with Gasteiger partial charge in [-0.3, -0.25) is 0 Å². The molecule has 0 aromatic rings. The van der Waals surface area contributed by atoms with Gasteiger partial charge in [0.05, 0.1) is 12.2 Å². The van der Waals surface area contributed by atoms with Crippen LogP contribution in [0.2, 0.25) is 0 Å². The van der Waals surface area contributed by atoms with E-state index in [4.69, 9.17) is 14.2 Å². The number of methoxy groups -OCH3 is 2. The van der Waals surface area contributed by atoms with Crippen molar-refractivity contribution < 1.29 is 14.2 Å². The first kappa shape index (κ1) is 16.9.